The van der Waals surface area contributed by atoms with Crippen LogP contribution in [-0.2, 0) is 4.79 Å². The van der Waals surface area contributed by atoms with Gasteiger partial charge in [0.15, 0.2) is 0 Å². The van der Waals surface area contributed by atoms with Crippen LogP contribution in [0.25, 0.3) is 0 Å². The van der Waals surface area contributed by atoms with Crippen LogP contribution in [0, 0.1) is 19.8 Å². The number of likely N-dealkylation sites (tertiary alicyclic amines) is 1. The molecule has 4 nitrogen and oxygen atoms in total. The van der Waals surface area contributed by atoms with Crippen LogP contribution in [-0.4, -0.2) is 36.5 Å². The number of rotatable bonds is 5. The van der Waals surface area contributed by atoms with Crippen molar-refractivity contribution in [2.45, 2.75) is 46.1 Å². The molecule has 1 aliphatic rings. The predicted octanol–water partition coefficient (Wildman–Crippen LogP) is 2.66. The van der Waals surface area contributed by atoms with Crippen molar-refractivity contribution >= 4 is 5.91 Å². The van der Waals surface area contributed by atoms with Crippen LogP contribution < -0.4 is 10.5 Å². The number of piperidine rings is 1. The molecule has 0 spiro atoms. The first-order valence-corrected chi connectivity index (χ1v) is 8.21. The third-order valence-electron chi connectivity index (χ3n) is 4.62. The van der Waals surface area contributed by atoms with E-state index in [4.69, 9.17) is 10.5 Å². The van der Waals surface area contributed by atoms with Crippen LogP contribution in [0.15, 0.2) is 18.2 Å². The summed E-state index contributed by atoms with van der Waals surface area (Å²) in [6.07, 6.45) is 2.61. The molecule has 1 fully saturated rings. The number of benzene rings is 1. The zero-order chi connectivity index (χ0) is 16.1. The zero-order valence-electron chi connectivity index (χ0n) is 14.0. The monoisotopic (exact) mass is 304 g/mol. The maximum absolute atomic E-state index is 12.3. The minimum absolute atomic E-state index is 0.155. The number of ether oxygens (including phenoxy) is 1. The molecule has 2 N–H and O–H groups in total. The molecule has 22 heavy (non-hydrogen) atoms. The van der Waals surface area contributed by atoms with Crippen LogP contribution in [0.3, 0.4) is 0 Å². The molecule has 1 saturated heterocycles. The Balaban J connectivity index is 1.78. The predicted molar refractivity (Wildman–Crippen MR) is 89.0 cm³/mol. The lowest BCUT2D eigenvalue weighted by Gasteiger charge is -2.34. The minimum Gasteiger partial charge on any atom is -0.493 e. The number of amides is 1. The highest BCUT2D eigenvalue weighted by Crippen LogP contribution is 2.20. The Bertz CT molecular complexity index is 514. The molecule has 1 heterocycles. The average Bonchev–Trinajstić information content (AvgIpc) is 2.51. The van der Waals surface area contributed by atoms with Crippen molar-refractivity contribution in [3.63, 3.8) is 0 Å². The molecule has 1 aromatic rings. The maximum Gasteiger partial charge on any atom is 0.226 e. The lowest BCUT2D eigenvalue weighted by Crippen LogP contribution is -2.45. The van der Waals surface area contributed by atoms with E-state index in [9.17, 15) is 4.79 Å². The molecule has 1 aliphatic heterocycles. The molecule has 0 unspecified atom stereocenters. The summed E-state index contributed by atoms with van der Waals surface area (Å²) < 4.78 is 5.71. The van der Waals surface area contributed by atoms with E-state index >= 15 is 0 Å². The molecule has 0 radical (unpaired) electrons. The Morgan fingerprint density at radius 2 is 2.18 bits per heavy atom. The van der Waals surface area contributed by atoms with Gasteiger partial charge in [-0.15, -0.1) is 0 Å². The second-order valence-corrected chi connectivity index (χ2v) is 6.45. The Morgan fingerprint density at radius 1 is 1.41 bits per heavy atom. The Morgan fingerprint density at radius 3 is 2.86 bits per heavy atom. The summed E-state index contributed by atoms with van der Waals surface area (Å²) in [7, 11) is 0. The fraction of sp³-hybridized carbons (Fsp3) is 0.611. The molecular weight excluding hydrogens is 276 g/mol. The fourth-order valence-electron chi connectivity index (χ4n) is 2.88. The van der Waals surface area contributed by atoms with Crippen LogP contribution >= 0.6 is 0 Å². The lowest BCUT2D eigenvalue weighted by molar-refractivity contribution is -0.133. The maximum atomic E-state index is 12.3. The molecule has 4 heteroatoms. The minimum atomic E-state index is 0.155. The number of nitrogens with two attached hydrogens (primary N) is 1. The summed E-state index contributed by atoms with van der Waals surface area (Å²) in [6, 6.07) is 6.18. The number of carbonyl (C=O) groups excluding carboxylic acids is 1. The van der Waals surface area contributed by atoms with Crippen molar-refractivity contribution in [2.24, 2.45) is 11.7 Å². The smallest absolute Gasteiger partial charge is 0.226 e. The van der Waals surface area contributed by atoms with E-state index in [-0.39, 0.29) is 11.9 Å². The van der Waals surface area contributed by atoms with E-state index in [1.807, 2.05) is 30.0 Å². The lowest BCUT2D eigenvalue weighted by atomic mass is 9.92. The highest BCUT2D eigenvalue weighted by molar-refractivity contribution is 5.76. The normalized spacial score (nSPS) is 19.8. The first kappa shape index (κ1) is 16.8. The summed E-state index contributed by atoms with van der Waals surface area (Å²) in [6.45, 7) is 8.25. The van der Waals surface area contributed by atoms with Crippen LogP contribution in [0.4, 0.5) is 0 Å². The van der Waals surface area contributed by atoms with Gasteiger partial charge >= 0.3 is 0 Å². The molecule has 0 aromatic heterocycles. The van der Waals surface area contributed by atoms with Crippen molar-refractivity contribution in [2.75, 3.05) is 19.7 Å². The van der Waals surface area contributed by atoms with Crippen LogP contribution in [0.2, 0.25) is 0 Å². The van der Waals surface area contributed by atoms with Gasteiger partial charge in [0.05, 0.1) is 13.0 Å². The molecule has 0 aliphatic carbocycles. The first-order valence-electron chi connectivity index (χ1n) is 8.21. The van der Waals surface area contributed by atoms with Crippen molar-refractivity contribution in [3.05, 3.63) is 29.3 Å². The molecule has 1 aromatic carbocycles. The molecular formula is C18H28N2O2. The molecule has 2 atom stereocenters. The Hall–Kier alpha value is -1.55. The topological polar surface area (TPSA) is 55.6 Å². The molecule has 0 bridgehead atoms. The Labute approximate surface area is 133 Å². The second-order valence-electron chi connectivity index (χ2n) is 6.45. The highest BCUT2D eigenvalue weighted by Gasteiger charge is 2.25. The molecule has 2 rings (SSSR count). The van der Waals surface area contributed by atoms with Crippen LogP contribution in [0.5, 0.6) is 5.75 Å². The molecule has 122 valence electrons. The Kier molecular flexibility index (Phi) is 5.83. The fourth-order valence-corrected chi connectivity index (χ4v) is 2.88. The zero-order valence-corrected chi connectivity index (χ0v) is 14.0. The first-order chi connectivity index (χ1) is 10.5. The summed E-state index contributed by atoms with van der Waals surface area (Å²) in [5.41, 5.74) is 8.43. The average molecular weight is 304 g/mol. The van der Waals surface area contributed by atoms with Crippen molar-refractivity contribution in [1.29, 1.82) is 0 Å². The van der Waals surface area contributed by atoms with Gasteiger partial charge in [0, 0.05) is 19.1 Å². The third kappa shape index (κ3) is 4.47. The van der Waals surface area contributed by atoms with Gasteiger partial charge in [-0.1, -0.05) is 6.07 Å². The van der Waals surface area contributed by atoms with E-state index in [0.29, 0.717) is 18.9 Å². The van der Waals surface area contributed by atoms with Gasteiger partial charge in [0.1, 0.15) is 5.75 Å². The van der Waals surface area contributed by atoms with Crippen molar-refractivity contribution < 1.29 is 9.53 Å². The van der Waals surface area contributed by atoms with E-state index in [2.05, 4.69) is 13.8 Å². The van der Waals surface area contributed by atoms with Gasteiger partial charge in [-0.3, -0.25) is 4.79 Å². The van der Waals surface area contributed by atoms with Gasteiger partial charge in [-0.25, -0.2) is 0 Å². The third-order valence-corrected chi connectivity index (χ3v) is 4.62. The molecule has 1 amide bonds. The number of hydrogen-bond donors (Lipinski definition) is 1. The highest BCUT2D eigenvalue weighted by atomic mass is 16.5. The summed E-state index contributed by atoms with van der Waals surface area (Å²) in [4.78, 5) is 14.2. The SMILES string of the molecule is Cc1ccc(OCCC(=O)N2CCC[C@@H]([C@@H](C)N)C2)cc1C. The second kappa shape index (κ2) is 7.63. The van der Waals surface area contributed by atoms with E-state index in [1.165, 1.54) is 11.1 Å². The van der Waals surface area contributed by atoms with E-state index < -0.39 is 0 Å². The number of aryl methyl sites for hydroxylation is 2. The summed E-state index contributed by atoms with van der Waals surface area (Å²) in [5, 5.41) is 0. The van der Waals surface area contributed by atoms with Gasteiger partial charge in [0.25, 0.3) is 0 Å². The van der Waals surface area contributed by atoms with Gasteiger partial charge < -0.3 is 15.4 Å². The molecule has 0 saturated carbocycles. The van der Waals surface area contributed by atoms with E-state index in [0.717, 1.165) is 31.7 Å². The summed E-state index contributed by atoms with van der Waals surface area (Å²) in [5.74, 6) is 1.44. The van der Waals surface area contributed by atoms with Gasteiger partial charge in [-0.2, -0.15) is 0 Å². The summed E-state index contributed by atoms with van der Waals surface area (Å²) >= 11 is 0. The quantitative estimate of drug-likeness (QED) is 0.910. The number of carbonyl (C=O) groups is 1. The van der Waals surface area contributed by atoms with Crippen molar-refractivity contribution in [1.82, 2.24) is 4.90 Å². The number of hydrogen-bond acceptors (Lipinski definition) is 3. The van der Waals surface area contributed by atoms with Gasteiger partial charge in [0.2, 0.25) is 5.91 Å². The number of nitrogens with zero attached hydrogens (tertiary/aromatic N) is 1. The standard InChI is InChI=1S/C18H28N2O2/c1-13-6-7-17(11-14(13)2)22-10-8-18(21)20-9-4-5-16(12-20)15(3)19/h6-7,11,15-16H,4-5,8-10,12,19H2,1-3H3/t15-,16-/m1/s1. The largest absolute Gasteiger partial charge is 0.493 e. The van der Waals surface area contributed by atoms with Crippen molar-refractivity contribution in [3.8, 4) is 5.75 Å². The van der Waals surface area contributed by atoms with E-state index in [1.54, 1.807) is 0 Å². The van der Waals surface area contributed by atoms with Gasteiger partial charge in [-0.05, 0) is 62.8 Å². The van der Waals surface area contributed by atoms with Crippen LogP contribution in [0.1, 0.15) is 37.3 Å².